The van der Waals surface area contributed by atoms with Crippen LogP contribution in [0, 0.1) is 11.3 Å². The first-order valence-corrected chi connectivity index (χ1v) is 8.39. The predicted octanol–water partition coefficient (Wildman–Crippen LogP) is 2.58. The molecule has 0 unspecified atom stereocenters. The lowest BCUT2D eigenvalue weighted by Crippen LogP contribution is -2.39. The van der Waals surface area contributed by atoms with Gasteiger partial charge in [0.05, 0.1) is 30.5 Å². The third kappa shape index (κ3) is 3.47. The Kier molecular flexibility index (Phi) is 4.69. The molecule has 4 rings (SSSR count). The second-order valence-electron chi connectivity index (χ2n) is 6.03. The number of morpholine rings is 1. The molecule has 1 fully saturated rings. The highest BCUT2D eigenvalue weighted by atomic mass is 16.5. The predicted molar refractivity (Wildman–Crippen MR) is 92.7 cm³/mol. The van der Waals surface area contributed by atoms with Gasteiger partial charge in [-0.1, -0.05) is 23.4 Å². The van der Waals surface area contributed by atoms with Crippen molar-refractivity contribution in [2.75, 3.05) is 19.8 Å². The highest BCUT2D eigenvalue weighted by Crippen LogP contribution is 2.26. The number of benzene rings is 1. The van der Waals surface area contributed by atoms with Gasteiger partial charge in [-0.3, -0.25) is 9.88 Å². The standard InChI is InChI=1S/C19H17N5O2/c20-11-14-4-3-5-15(10-14)18-22-19(26-23-18)17-13-25-9-8-24(17)12-16-6-1-2-7-21-16/h1-7,10,17H,8-9,12-13H2/t17-/m1/s1. The van der Waals surface area contributed by atoms with Gasteiger partial charge in [0.1, 0.15) is 6.04 Å². The molecule has 0 radical (unpaired) electrons. The van der Waals surface area contributed by atoms with Crippen LogP contribution in [0.15, 0.2) is 53.2 Å². The molecule has 26 heavy (non-hydrogen) atoms. The molecule has 7 heteroatoms. The van der Waals surface area contributed by atoms with Crippen LogP contribution in [-0.2, 0) is 11.3 Å². The molecule has 0 bridgehead atoms. The third-order valence-corrected chi connectivity index (χ3v) is 4.31. The summed E-state index contributed by atoms with van der Waals surface area (Å²) in [6.45, 7) is 2.61. The molecule has 3 heterocycles. The first kappa shape index (κ1) is 16.4. The van der Waals surface area contributed by atoms with Gasteiger partial charge in [-0.2, -0.15) is 10.2 Å². The van der Waals surface area contributed by atoms with Gasteiger partial charge in [-0.15, -0.1) is 0 Å². The van der Waals surface area contributed by atoms with Gasteiger partial charge in [0.15, 0.2) is 0 Å². The number of pyridine rings is 1. The minimum Gasteiger partial charge on any atom is -0.378 e. The topological polar surface area (TPSA) is 88.1 Å². The summed E-state index contributed by atoms with van der Waals surface area (Å²) in [5.74, 6) is 0.985. The van der Waals surface area contributed by atoms with Gasteiger partial charge in [-0.25, -0.2) is 0 Å². The molecule has 7 nitrogen and oxygen atoms in total. The molecule has 0 saturated carbocycles. The van der Waals surface area contributed by atoms with Crippen molar-refractivity contribution in [2.45, 2.75) is 12.6 Å². The van der Waals surface area contributed by atoms with E-state index in [1.165, 1.54) is 0 Å². The van der Waals surface area contributed by atoms with E-state index in [2.05, 4.69) is 26.1 Å². The molecular formula is C19H17N5O2. The van der Waals surface area contributed by atoms with Gasteiger partial charge in [0.25, 0.3) is 0 Å². The molecule has 2 aromatic heterocycles. The fourth-order valence-electron chi connectivity index (χ4n) is 2.97. The molecule has 130 valence electrons. The zero-order valence-corrected chi connectivity index (χ0v) is 14.1. The van der Waals surface area contributed by atoms with E-state index in [4.69, 9.17) is 14.5 Å². The van der Waals surface area contributed by atoms with Gasteiger partial charge in [-0.05, 0) is 24.3 Å². The van der Waals surface area contributed by atoms with Crippen LogP contribution in [0.3, 0.4) is 0 Å². The number of ether oxygens (including phenoxy) is 1. The van der Waals surface area contributed by atoms with Crippen molar-refractivity contribution in [3.05, 3.63) is 65.8 Å². The first-order chi connectivity index (χ1) is 12.8. The summed E-state index contributed by atoms with van der Waals surface area (Å²) in [4.78, 5) is 11.2. The quantitative estimate of drug-likeness (QED) is 0.716. The van der Waals surface area contributed by atoms with Crippen molar-refractivity contribution >= 4 is 0 Å². The second-order valence-corrected chi connectivity index (χ2v) is 6.03. The lowest BCUT2D eigenvalue weighted by molar-refractivity contribution is -0.0246. The van der Waals surface area contributed by atoms with E-state index >= 15 is 0 Å². The Morgan fingerprint density at radius 1 is 1.23 bits per heavy atom. The number of hydrogen-bond donors (Lipinski definition) is 0. The summed E-state index contributed by atoms with van der Waals surface area (Å²) in [5.41, 5.74) is 2.31. The van der Waals surface area contributed by atoms with Crippen molar-refractivity contribution in [1.82, 2.24) is 20.0 Å². The van der Waals surface area contributed by atoms with Gasteiger partial charge >= 0.3 is 0 Å². The maximum atomic E-state index is 9.05. The molecule has 1 aromatic carbocycles. The van der Waals surface area contributed by atoms with E-state index < -0.39 is 0 Å². The maximum Gasteiger partial charge on any atom is 0.246 e. The highest BCUT2D eigenvalue weighted by Gasteiger charge is 2.30. The van der Waals surface area contributed by atoms with E-state index in [0.29, 0.717) is 37.0 Å². The Hall–Kier alpha value is -3.08. The van der Waals surface area contributed by atoms with Crippen molar-refractivity contribution in [2.24, 2.45) is 0 Å². The zero-order chi connectivity index (χ0) is 17.8. The minimum atomic E-state index is -0.119. The van der Waals surface area contributed by atoms with E-state index in [9.17, 15) is 0 Å². The Morgan fingerprint density at radius 3 is 3.04 bits per heavy atom. The molecule has 1 atom stereocenters. The smallest absolute Gasteiger partial charge is 0.246 e. The number of hydrogen-bond acceptors (Lipinski definition) is 7. The molecule has 1 saturated heterocycles. The number of rotatable bonds is 4. The van der Waals surface area contributed by atoms with Crippen molar-refractivity contribution in [3.8, 4) is 17.5 Å². The van der Waals surface area contributed by atoms with Crippen LogP contribution in [-0.4, -0.2) is 39.8 Å². The summed E-state index contributed by atoms with van der Waals surface area (Å²) in [7, 11) is 0. The average molecular weight is 347 g/mol. The largest absolute Gasteiger partial charge is 0.378 e. The van der Waals surface area contributed by atoms with Crippen molar-refractivity contribution < 1.29 is 9.26 Å². The number of aromatic nitrogens is 3. The van der Waals surface area contributed by atoms with E-state index in [-0.39, 0.29) is 6.04 Å². The van der Waals surface area contributed by atoms with Crippen LogP contribution in [0.5, 0.6) is 0 Å². The Bertz CT molecular complexity index is 919. The average Bonchev–Trinajstić information content (AvgIpc) is 3.19. The molecule has 0 aliphatic carbocycles. The zero-order valence-electron chi connectivity index (χ0n) is 14.1. The SMILES string of the molecule is N#Cc1cccc(-c2noc([C@H]3COCCN3Cc3ccccn3)n2)c1. The van der Waals surface area contributed by atoms with Gasteiger partial charge in [0.2, 0.25) is 11.7 Å². The Morgan fingerprint density at radius 2 is 2.19 bits per heavy atom. The Labute approximate surface area is 150 Å². The summed E-state index contributed by atoms with van der Waals surface area (Å²) < 4.78 is 11.1. The van der Waals surface area contributed by atoms with Crippen LogP contribution >= 0.6 is 0 Å². The molecule has 1 aliphatic heterocycles. The fourth-order valence-corrected chi connectivity index (χ4v) is 2.97. The molecule has 0 amide bonds. The number of nitriles is 1. The van der Waals surface area contributed by atoms with E-state index in [1.807, 2.05) is 24.3 Å². The van der Waals surface area contributed by atoms with Crippen LogP contribution in [0.2, 0.25) is 0 Å². The minimum absolute atomic E-state index is 0.119. The third-order valence-electron chi connectivity index (χ3n) is 4.31. The lowest BCUT2D eigenvalue weighted by Gasteiger charge is -2.32. The van der Waals surface area contributed by atoms with Crippen molar-refractivity contribution in [3.63, 3.8) is 0 Å². The Balaban J connectivity index is 1.57. The van der Waals surface area contributed by atoms with E-state index in [1.54, 1.807) is 24.4 Å². The molecule has 3 aromatic rings. The summed E-state index contributed by atoms with van der Waals surface area (Å²) in [5, 5.41) is 13.1. The lowest BCUT2D eigenvalue weighted by atomic mass is 10.1. The summed E-state index contributed by atoms with van der Waals surface area (Å²) in [6, 6.07) is 15.0. The summed E-state index contributed by atoms with van der Waals surface area (Å²) >= 11 is 0. The molecule has 1 aliphatic rings. The van der Waals surface area contributed by atoms with Gasteiger partial charge < -0.3 is 9.26 Å². The van der Waals surface area contributed by atoms with Crippen LogP contribution < -0.4 is 0 Å². The monoisotopic (exact) mass is 347 g/mol. The van der Waals surface area contributed by atoms with Crippen molar-refractivity contribution in [1.29, 1.82) is 5.26 Å². The van der Waals surface area contributed by atoms with Gasteiger partial charge in [0, 0.05) is 24.8 Å². The van der Waals surface area contributed by atoms with Crippen LogP contribution in [0.4, 0.5) is 0 Å². The molecular weight excluding hydrogens is 330 g/mol. The fraction of sp³-hybridized carbons (Fsp3) is 0.263. The highest BCUT2D eigenvalue weighted by molar-refractivity contribution is 5.57. The summed E-state index contributed by atoms with van der Waals surface area (Å²) in [6.07, 6.45) is 1.79. The molecule has 0 spiro atoms. The maximum absolute atomic E-state index is 9.05. The van der Waals surface area contributed by atoms with Crippen LogP contribution in [0.25, 0.3) is 11.4 Å². The number of nitrogens with zero attached hydrogens (tertiary/aromatic N) is 5. The second kappa shape index (κ2) is 7.44. The normalized spacial score (nSPS) is 17.7. The molecule has 0 N–H and O–H groups in total. The van der Waals surface area contributed by atoms with E-state index in [0.717, 1.165) is 17.8 Å². The first-order valence-electron chi connectivity index (χ1n) is 8.39. The van der Waals surface area contributed by atoms with Crippen LogP contribution in [0.1, 0.15) is 23.2 Å².